The number of hydrogen-bond acceptors (Lipinski definition) is 4. The molecular weight excluding hydrogens is 208 g/mol. The fourth-order valence-electron chi connectivity index (χ4n) is 1.64. The molecule has 0 radical (unpaired) electrons. The first-order valence-corrected chi connectivity index (χ1v) is 4.90. The molecule has 2 rings (SSSR count). The van der Waals surface area contributed by atoms with Crippen molar-refractivity contribution in [1.82, 2.24) is 0 Å². The SMILES string of the molecule is CCOC1=CC(=O)c2c(O)cccc2C1=O. The van der Waals surface area contributed by atoms with E-state index in [0.717, 1.165) is 6.08 Å². The second-order valence-corrected chi connectivity index (χ2v) is 3.33. The van der Waals surface area contributed by atoms with E-state index >= 15 is 0 Å². The number of phenolic OH excluding ortho intramolecular Hbond substituents is 1. The molecule has 0 saturated carbocycles. The molecule has 0 aromatic heterocycles. The zero-order valence-electron chi connectivity index (χ0n) is 8.69. The lowest BCUT2D eigenvalue weighted by Gasteiger charge is -2.15. The van der Waals surface area contributed by atoms with Crippen molar-refractivity contribution in [3.8, 4) is 5.75 Å². The molecule has 0 spiro atoms. The van der Waals surface area contributed by atoms with Gasteiger partial charge in [0, 0.05) is 11.6 Å². The summed E-state index contributed by atoms with van der Waals surface area (Å²) in [6.07, 6.45) is 1.12. The van der Waals surface area contributed by atoms with Crippen LogP contribution in [-0.4, -0.2) is 23.3 Å². The lowest BCUT2D eigenvalue weighted by Crippen LogP contribution is -2.18. The van der Waals surface area contributed by atoms with Crippen LogP contribution in [0.25, 0.3) is 0 Å². The third-order valence-corrected chi connectivity index (χ3v) is 2.32. The van der Waals surface area contributed by atoms with E-state index in [0.29, 0.717) is 6.61 Å². The van der Waals surface area contributed by atoms with Crippen LogP contribution in [0.1, 0.15) is 27.6 Å². The molecule has 1 N–H and O–H groups in total. The average molecular weight is 218 g/mol. The van der Waals surface area contributed by atoms with Crippen molar-refractivity contribution in [3.63, 3.8) is 0 Å². The standard InChI is InChI=1S/C12H10O4/c1-2-16-10-6-9(14)11-7(12(10)15)4-3-5-8(11)13/h3-6,13H,2H2,1H3. The number of carbonyl (C=O) groups is 2. The Morgan fingerprint density at radius 2 is 2.06 bits per heavy atom. The molecule has 1 aliphatic carbocycles. The van der Waals surface area contributed by atoms with E-state index in [4.69, 9.17) is 4.74 Å². The van der Waals surface area contributed by atoms with Gasteiger partial charge in [-0.25, -0.2) is 0 Å². The summed E-state index contributed by atoms with van der Waals surface area (Å²) in [6.45, 7) is 2.05. The van der Waals surface area contributed by atoms with E-state index in [2.05, 4.69) is 0 Å². The van der Waals surface area contributed by atoms with Crippen LogP contribution in [0.15, 0.2) is 30.0 Å². The first-order chi connectivity index (χ1) is 7.65. The summed E-state index contributed by atoms with van der Waals surface area (Å²) in [5.41, 5.74) is 0.243. The highest BCUT2D eigenvalue weighted by atomic mass is 16.5. The van der Waals surface area contributed by atoms with Gasteiger partial charge in [0.1, 0.15) is 5.75 Å². The lowest BCUT2D eigenvalue weighted by molar-refractivity contribution is 0.0890. The molecule has 4 heteroatoms. The van der Waals surface area contributed by atoms with Crippen LogP contribution in [0.5, 0.6) is 5.75 Å². The van der Waals surface area contributed by atoms with Gasteiger partial charge in [0.25, 0.3) is 0 Å². The maximum Gasteiger partial charge on any atom is 0.228 e. The third-order valence-electron chi connectivity index (χ3n) is 2.32. The van der Waals surface area contributed by atoms with Crippen LogP contribution in [0.3, 0.4) is 0 Å². The number of aromatic hydroxyl groups is 1. The second kappa shape index (κ2) is 3.81. The normalized spacial score (nSPS) is 14.4. The fraction of sp³-hybridized carbons (Fsp3) is 0.167. The Morgan fingerprint density at radius 1 is 1.31 bits per heavy atom. The van der Waals surface area contributed by atoms with Gasteiger partial charge in [-0.2, -0.15) is 0 Å². The lowest BCUT2D eigenvalue weighted by atomic mass is 9.93. The largest absolute Gasteiger partial charge is 0.507 e. The molecule has 0 atom stereocenters. The quantitative estimate of drug-likeness (QED) is 0.820. The first kappa shape index (κ1) is 10.4. The summed E-state index contributed by atoms with van der Waals surface area (Å²) in [6, 6.07) is 4.40. The predicted octanol–water partition coefficient (Wildman–Crippen LogP) is 1.69. The maximum absolute atomic E-state index is 11.8. The number of benzene rings is 1. The monoisotopic (exact) mass is 218 g/mol. The van der Waals surface area contributed by atoms with Gasteiger partial charge >= 0.3 is 0 Å². The summed E-state index contributed by atoms with van der Waals surface area (Å²) in [5, 5.41) is 9.52. The van der Waals surface area contributed by atoms with Crippen LogP contribution < -0.4 is 0 Å². The van der Waals surface area contributed by atoms with Crippen LogP contribution in [-0.2, 0) is 4.74 Å². The molecule has 0 saturated heterocycles. The van der Waals surface area contributed by atoms with Crippen molar-refractivity contribution in [3.05, 3.63) is 41.2 Å². The highest BCUT2D eigenvalue weighted by Crippen LogP contribution is 2.28. The van der Waals surface area contributed by atoms with Gasteiger partial charge in [0.2, 0.25) is 5.78 Å². The van der Waals surface area contributed by atoms with Crippen LogP contribution in [0, 0.1) is 0 Å². The molecule has 82 valence electrons. The second-order valence-electron chi connectivity index (χ2n) is 3.33. The Hall–Kier alpha value is -2.10. The van der Waals surface area contributed by atoms with Crippen molar-refractivity contribution in [2.75, 3.05) is 6.61 Å². The van der Waals surface area contributed by atoms with Crippen molar-refractivity contribution < 1.29 is 19.4 Å². The number of hydrogen-bond donors (Lipinski definition) is 1. The average Bonchev–Trinajstić information content (AvgIpc) is 2.25. The summed E-state index contributed by atoms with van der Waals surface area (Å²) >= 11 is 0. The molecule has 1 aromatic carbocycles. The summed E-state index contributed by atoms with van der Waals surface area (Å²) in [5.74, 6) is -0.920. The maximum atomic E-state index is 11.8. The molecular formula is C12H10O4. The van der Waals surface area contributed by atoms with Gasteiger partial charge in [-0.3, -0.25) is 9.59 Å². The molecule has 0 fully saturated rings. The van der Waals surface area contributed by atoms with Crippen LogP contribution in [0.2, 0.25) is 0 Å². The fourth-order valence-corrected chi connectivity index (χ4v) is 1.64. The molecule has 0 bridgehead atoms. The molecule has 0 aliphatic heterocycles. The Labute approximate surface area is 92.2 Å². The van der Waals surface area contributed by atoms with Gasteiger partial charge in [0.15, 0.2) is 11.5 Å². The minimum atomic E-state index is -0.406. The van der Waals surface area contributed by atoms with Gasteiger partial charge < -0.3 is 9.84 Å². The number of rotatable bonds is 2. The van der Waals surface area contributed by atoms with Crippen molar-refractivity contribution >= 4 is 11.6 Å². The van der Waals surface area contributed by atoms with Crippen LogP contribution in [0.4, 0.5) is 0 Å². The number of allylic oxidation sites excluding steroid dienone is 2. The number of carbonyl (C=O) groups excluding carboxylic acids is 2. The third kappa shape index (κ3) is 1.48. The Balaban J connectivity index is 2.55. The van der Waals surface area contributed by atoms with E-state index in [1.54, 1.807) is 6.92 Å². The van der Waals surface area contributed by atoms with Gasteiger partial charge in [0.05, 0.1) is 12.2 Å². The van der Waals surface area contributed by atoms with E-state index in [-0.39, 0.29) is 28.4 Å². The molecule has 1 aromatic rings. The molecule has 0 heterocycles. The minimum absolute atomic E-state index is 0.0330. The summed E-state index contributed by atoms with van der Waals surface area (Å²) in [7, 11) is 0. The summed E-state index contributed by atoms with van der Waals surface area (Å²) < 4.78 is 5.07. The smallest absolute Gasteiger partial charge is 0.228 e. The Kier molecular flexibility index (Phi) is 2.48. The predicted molar refractivity (Wildman–Crippen MR) is 56.5 cm³/mol. The molecule has 0 unspecified atom stereocenters. The molecule has 16 heavy (non-hydrogen) atoms. The number of ether oxygens (including phenoxy) is 1. The van der Waals surface area contributed by atoms with E-state index < -0.39 is 5.78 Å². The minimum Gasteiger partial charge on any atom is -0.507 e. The van der Waals surface area contributed by atoms with Gasteiger partial charge in [-0.15, -0.1) is 0 Å². The molecule has 4 nitrogen and oxygen atoms in total. The first-order valence-electron chi connectivity index (χ1n) is 4.90. The topological polar surface area (TPSA) is 63.6 Å². The highest BCUT2D eigenvalue weighted by Gasteiger charge is 2.28. The van der Waals surface area contributed by atoms with Gasteiger partial charge in [-0.1, -0.05) is 6.07 Å². The Bertz CT molecular complexity index is 500. The number of phenols is 1. The summed E-state index contributed by atoms with van der Waals surface area (Å²) in [4.78, 5) is 23.5. The van der Waals surface area contributed by atoms with Crippen molar-refractivity contribution in [1.29, 1.82) is 0 Å². The molecule has 0 amide bonds. The number of Topliss-reactive ketones (excluding diaryl/α,β-unsaturated/α-hetero) is 1. The zero-order valence-corrected chi connectivity index (χ0v) is 8.69. The van der Waals surface area contributed by atoms with E-state index in [1.165, 1.54) is 18.2 Å². The highest BCUT2D eigenvalue weighted by molar-refractivity contribution is 6.24. The number of fused-ring (bicyclic) bond motifs is 1. The number of ketones is 2. The van der Waals surface area contributed by atoms with E-state index in [9.17, 15) is 14.7 Å². The van der Waals surface area contributed by atoms with Gasteiger partial charge in [-0.05, 0) is 19.1 Å². The van der Waals surface area contributed by atoms with Crippen molar-refractivity contribution in [2.45, 2.75) is 6.92 Å². The van der Waals surface area contributed by atoms with Crippen molar-refractivity contribution in [2.24, 2.45) is 0 Å². The van der Waals surface area contributed by atoms with E-state index in [1.807, 2.05) is 0 Å². The van der Waals surface area contributed by atoms with Crippen LogP contribution >= 0.6 is 0 Å². The Morgan fingerprint density at radius 3 is 2.75 bits per heavy atom. The molecule has 1 aliphatic rings. The zero-order chi connectivity index (χ0) is 11.7.